The first kappa shape index (κ1) is 23.7. The van der Waals surface area contributed by atoms with E-state index in [2.05, 4.69) is 37.4 Å². The summed E-state index contributed by atoms with van der Waals surface area (Å²) in [4.78, 5) is 0.268. The Balaban J connectivity index is 1.97. The lowest BCUT2D eigenvalue weighted by atomic mass is 10.2. The highest BCUT2D eigenvalue weighted by atomic mass is 32.2. The molecular formula is C29H29NO2SSi. The number of anilines is 1. The zero-order valence-corrected chi connectivity index (χ0v) is 21.5. The van der Waals surface area contributed by atoms with Crippen LogP contribution >= 0.6 is 0 Å². The second-order valence-electron chi connectivity index (χ2n) is 8.85. The third kappa shape index (κ3) is 4.91. The molecule has 0 bridgehead atoms. The van der Waals surface area contributed by atoms with E-state index in [0.29, 0.717) is 5.69 Å². The van der Waals surface area contributed by atoms with Gasteiger partial charge in [0.1, 0.15) is 8.07 Å². The molecule has 0 amide bonds. The standard InChI is InChI=1S/C29H29NO2SSi/c1-24-19-21-27(22-20-24)33(31,32)30(26-15-9-5-10-16-26)23-29(25-13-7-4-8-14-25)34(2,3)28-17-11-6-12-18-28/h4-23H,1-3H3/b29-23+. The largest absolute Gasteiger partial charge is 0.268 e. The first-order chi connectivity index (χ1) is 16.3. The van der Waals surface area contributed by atoms with Crippen LogP contribution in [0.1, 0.15) is 11.1 Å². The van der Waals surface area contributed by atoms with Crippen LogP contribution in [0.15, 0.2) is 126 Å². The minimum Gasteiger partial charge on any atom is -0.242 e. The Bertz CT molecular complexity index is 1370. The molecule has 4 rings (SSSR count). The molecule has 0 atom stereocenters. The number of para-hydroxylation sites is 1. The number of rotatable bonds is 7. The lowest BCUT2D eigenvalue weighted by molar-refractivity contribution is 0.596. The zero-order chi connectivity index (χ0) is 24.2. The minimum absolute atomic E-state index is 0.268. The highest BCUT2D eigenvalue weighted by Gasteiger charge is 2.32. The van der Waals surface area contributed by atoms with Gasteiger partial charge in [0.05, 0.1) is 10.6 Å². The zero-order valence-electron chi connectivity index (χ0n) is 19.7. The lowest BCUT2D eigenvalue weighted by Crippen LogP contribution is -2.44. The van der Waals surface area contributed by atoms with Gasteiger partial charge in [-0.15, -0.1) is 0 Å². The van der Waals surface area contributed by atoms with Crippen molar-refractivity contribution in [2.75, 3.05) is 4.31 Å². The van der Waals surface area contributed by atoms with Gasteiger partial charge in [-0.1, -0.05) is 115 Å². The highest BCUT2D eigenvalue weighted by molar-refractivity contribution is 7.93. The van der Waals surface area contributed by atoms with Crippen molar-refractivity contribution in [3.05, 3.63) is 133 Å². The van der Waals surface area contributed by atoms with Gasteiger partial charge in [0, 0.05) is 6.20 Å². The molecule has 34 heavy (non-hydrogen) atoms. The van der Waals surface area contributed by atoms with Crippen LogP contribution in [0.5, 0.6) is 0 Å². The Morgan fingerprint density at radius 1 is 0.706 bits per heavy atom. The molecule has 3 nitrogen and oxygen atoms in total. The van der Waals surface area contributed by atoms with Gasteiger partial charge in [0.15, 0.2) is 0 Å². The Hall–Kier alpha value is -3.41. The van der Waals surface area contributed by atoms with Gasteiger partial charge in [-0.2, -0.15) is 0 Å². The fourth-order valence-corrected chi connectivity index (χ4v) is 8.14. The van der Waals surface area contributed by atoms with E-state index >= 15 is 0 Å². The van der Waals surface area contributed by atoms with Gasteiger partial charge >= 0.3 is 0 Å². The summed E-state index contributed by atoms with van der Waals surface area (Å²) >= 11 is 0. The van der Waals surface area contributed by atoms with Crippen molar-refractivity contribution < 1.29 is 8.42 Å². The molecule has 4 aromatic rings. The first-order valence-corrected chi connectivity index (χ1v) is 15.7. The molecule has 0 N–H and O–H groups in total. The molecule has 0 aliphatic heterocycles. The van der Waals surface area contributed by atoms with Crippen LogP contribution in [-0.4, -0.2) is 16.5 Å². The van der Waals surface area contributed by atoms with E-state index < -0.39 is 18.1 Å². The van der Waals surface area contributed by atoms with E-state index in [1.54, 1.807) is 12.1 Å². The summed E-state index contributed by atoms with van der Waals surface area (Å²) in [5.41, 5.74) is 2.65. The van der Waals surface area contributed by atoms with E-state index in [-0.39, 0.29) is 4.90 Å². The van der Waals surface area contributed by atoms with Crippen molar-refractivity contribution >= 4 is 34.2 Å². The summed E-state index contributed by atoms with van der Waals surface area (Å²) in [6.07, 6.45) is 1.85. The maximum absolute atomic E-state index is 14.0. The van der Waals surface area contributed by atoms with E-state index in [9.17, 15) is 8.42 Å². The fraction of sp³-hybridized carbons (Fsp3) is 0.103. The molecule has 0 saturated heterocycles. The van der Waals surface area contributed by atoms with E-state index in [1.807, 2.05) is 92.0 Å². The Morgan fingerprint density at radius 2 is 1.21 bits per heavy atom. The molecule has 4 aromatic carbocycles. The molecular weight excluding hydrogens is 454 g/mol. The van der Waals surface area contributed by atoms with Crippen molar-refractivity contribution in [2.45, 2.75) is 24.9 Å². The van der Waals surface area contributed by atoms with Crippen LogP contribution in [-0.2, 0) is 10.0 Å². The summed E-state index contributed by atoms with van der Waals surface area (Å²) in [5, 5.41) is 2.28. The van der Waals surface area contributed by atoms with Gasteiger partial charge in [-0.05, 0) is 41.9 Å². The predicted octanol–water partition coefficient (Wildman–Crippen LogP) is 6.39. The predicted molar refractivity (Wildman–Crippen MR) is 145 cm³/mol. The van der Waals surface area contributed by atoms with Crippen LogP contribution in [0, 0.1) is 6.92 Å². The number of nitrogens with zero attached hydrogens (tertiary/aromatic N) is 1. The van der Waals surface area contributed by atoms with Gasteiger partial charge in [0.25, 0.3) is 10.0 Å². The second kappa shape index (κ2) is 9.83. The Kier molecular flexibility index (Phi) is 6.86. The quantitative estimate of drug-likeness (QED) is 0.286. The lowest BCUT2D eigenvalue weighted by Gasteiger charge is -2.30. The third-order valence-electron chi connectivity index (χ3n) is 6.09. The average molecular weight is 484 g/mol. The summed E-state index contributed by atoms with van der Waals surface area (Å²) in [7, 11) is -6.12. The van der Waals surface area contributed by atoms with Crippen LogP contribution < -0.4 is 9.49 Å². The third-order valence-corrected chi connectivity index (χ3v) is 11.3. The van der Waals surface area contributed by atoms with Crippen molar-refractivity contribution in [2.24, 2.45) is 0 Å². The molecule has 5 heteroatoms. The molecule has 0 fully saturated rings. The summed E-state index contributed by atoms with van der Waals surface area (Å²) in [5.74, 6) is 0. The molecule has 0 saturated carbocycles. The molecule has 0 aliphatic carbocycles. The molecule has 0 radical (unpaired) electrons. The number of aryl methyl sites for hydroxylation is 1. The summed E-state index contributed by atoms with van der Waals surface area (Å²) in [6.45, 7) is 6.48. The van der Waals surface area contributed by atoms with Crippen molar-refractivity contribution in [1.29, 1.82) is 0 Å². The Labute approximate surface area is 204 Å². The van der Waals surface area contributed by atoms with Crippen LogP contribution in [0.25, 0.3) is 5.20 Å². The Morgan fingerprint density at radius 3 is 1.76 bits per heavy atom. The SMILES string of the molecule is Cc1ccc(S(=O)(=O)N(/C=C(\c2ccccc2)[Si](C)(C)c2ccccc2)c2ccccc2)cc1. The van der Waals surface area contributed by atoms with E-state index in [1.165, 1.54) is 9.49 Å². The van der Waals surface area contributed by atoms with Crippen molar-refractivity contribution in [3.63, 3.8) is 0 Å². The smallest absolute Gasteiger partial charge is 0.242 e. The molecule has 0 aliphatic rings. The summed E-state index contributed by atoms with van der Waals surface area (Å²) < 4.78 is 29.4. The van der Waals surface area contributed by atoms with Gasteiger partial charge in [0.2, 0.25) is 0 Å². The fourth-order valence-electron chi connectivity index (χ4n) is 4.02. The van der Waals surface area contributed by atoms with Crippen LogP contribution in [0.2, 0.25) is 13.1 Å². The van der Waals surface area contributed by atoms with Crippen molar-refractivity contribution in [1.82, 2.24) is 0 Å². The number of benzene rings is 4. The molecule has 0 spiro atoms. The van der Waals surface area contributed by atoms with Gasteiger partial charge in [-0.25, -0.2) is 12.7 Å². The van der Waals surface area contributed by atoms with Crippen LogP contribution in [0.3, 0.4) is 0 Å². The second-order valence-corrected chi connectivity index (χ2v) is 15.0. The maximum atomic E-state index is 14.0. The minimum atomic E-state index is -3.84. The molecule has 0 unspecified atom stereocenters. The van der Waals surface area contributed by atoms with Gasteiger partial charge < -0.3 is 0 Å². The summed E-state index contributed by atoms with van der Waals surface area (Å²) in [6, 6.07) is 36.8. The number of hydrogen-bond donors (Lipinski definition) is 0. The first-order valence-electron chi connectivity index (χ1n) is 11.3. The number of hydrogen-bond acceptors (Lipinski definition) is 2. The number of sulfonamides is 1. The maximum Gasteiger partial charge on any atom is 0.268 e. The topological polar surface area (TPSA) is 37.4 Å². The normalized spacial score (nSPS) is 12.4. The van der Waals surface area contributed by atoms with E-state index in [4.69, 9.17) is 0 Å². The molecule has 0 aromatic heterocycles. The monoisotopic (exact) mass is 483 g/mol. The van der Waals surface area contributed by atoms with Crippen LogP contribution in [0.4, 0.5) is 5.69 Å². The van der Waals surface area contributed by atoms with E-state index in [0.717, 1.165) is 16.3 Å². The average Bonchev–Trinajstić information content (AvgIpc) is 2.86. The highest BCUT2D eigenvalue weighted by Crippen LogP contribution is 2.31. The molecule has 0 heterocycles. The van der Waals surface area contributed by atoms with Gasteiger partial charge in [-0.3, -0.25) is 0 Å². The molecule has 172 valence electrons. The van der Waals surface area contributed by atoms with Crippen molar-refractivity contribution in [3.8, 4) is 0 Å².